The van der Waals surface area contributed by atoms with E-state index in [0.717, 1.165) is 27.9 Å². The minimum atomic E-state index is -0.166. The Morgan fingerprint density at radius 3 is 1.96 bits per heavy atom. The lowest BCUT2D eigenvalue weighted by Crippen LogP contribution is -2.17. The third-order valence-electron chi connectivity index (χ3n) is 14.2. The molecule has 2 nitrogen and oxygen atoms in total. The molecule has 9 aromatic rings. The fourth-order valence-corrected chi connectivity index (χ4v) is 11.2. The van der Waals surface area contributed by atoms with Gasteiger partial charge in [0.25, 0.3) is 0 Å². The van der Waals surface area contributed by atoms with Gasteiger partial charge in [0.15, 0.2) is 0 Å². The molecular weight excluding hydrogens is 691 g/mol. The lowest BCUT2D eigenvalue weighted by molar-refractivity contribution is 0.660. The van der Waals surface area contributed by atoms with Gasteiger partial charge in [0.05, 0.1) is 5.69 Å². The van der Waals surface area contributed by atoms with Crippen molar-refractivity contribution < 1.29 is 4.42 Å². The van der Waals surface area contributed by atoms with Crippen LogP contribution in [-0.2, 0) is 10.8 Å². The predicted molar refractivity (Wildman–Crippen MR) is 240 cm³/mol. The summed E-state index contributed by atoms with van der Waals surface area (Å²) in [5.74, 6) is 0.567. The molecule has 2 heteroatoms. The van der Waals surface area contributed by atoms with Crippen molar-refractivity contribution >= 4 is 60.5 Å². The van der Waals surface area contributed by atoms with Crippen LogP contribution >= 0.6 is 0 Å². The van der Waals surface area contributed by atoms with Crippen molar-refractivity contribution in [3.05, 3.63) is 173 Å². The highest BCUT2D eigenvalue weighted by molar-refractivity contribution is 6.20. The van der Waals surface area contributed by atoms with Crippen molar-refractivity contribution in [2.75, 3.05) is 4.90 Å². The second-order valence-corrected chi connectivity index (χ2v) is 18.0. The summed E-state index contributed by atoms with van der Waals surface area (Å²) < 4.78 is 6.87. The molecule has 1 aromatic heterocycles. The van der Waals surface area contributed by atoms with Gasteiger partial charge >= 0.3 is 0 Å². The van der Waals surface area contributed by atoms with Crippen molar-refractivity contribution in [2.24, 2.45) is 0 Å². The first-order chi connectivity index (χ1) is 27.8. The van der Waals surface area contributed by atoms with Gasteiger partial charge in [0.1, 0.15) is 11.2 Å². The highest BCUT2D eigenvalue weighted by Gasteiger charge is 2.38. The van der Waals surface area contributed by atoms with Gasteiger partial charge in [-0.2, -0.15) is 0 Å². The van der Waals surface area contributed by atoms with E-state index in [-0.39, 0.29) is 10.8 Å². The Balaban J connectivity index is 1.14. The highest BCUT2D eigenvalue weighted by Crippen LogP contribution is 2.55. The van der Waals surface area contributed by atoms with Gasteiger partial charge in [-0.05, 0) is 128 Å². The van der Waals surface area contributed by atoms with E-state index < -0.39 is 0 Å². The smallest absolute Gasteiger partial charge is 0.143 e. The van der Waals surface area contributed by atoms with Gasteiger partial charge in [0.2, 0.25) is 0 Å². The van der Waals surface area contributed by atoms with Gasteiger partial charge in [-0.1, -0.05) is 138 Å². The summed E-state index contributed by atoms with van der Waals surface area (Å²) in [6, 6.07) is 55.1. The predicted octanol–water partition coefficient (Wildman–Crippen LogP) is 15.6. The first-order valence-electron chi connectivity index (χ1n) is 20.9. The number of hydrogen-bond acceptors (Lipinski definition) is 2. The van der Waals surface area contributed by atoms with Crippen molar-refractivity contribution in [1.29, 1.82) is 0 Å². The van der Waals surface area contributed by atoms with E-state index in [1.807, 2.05) is 0 Å². The van der Waals surface area contributed by atoms with Crippen LogP contribution in [0.2, 0.25) is 0 Å². The molecule has 1 saturated carbocycles. The Bertz CT molecular complexity index is 3150. The van der Waals surface area contributed by atoms with Gasteiger partial charge in [-0.3, -0.25) is 0 Å². The van der Waals surface area contributed by atoms with Crippen LogP contribution in [0.3, 0.4) is 0 Å². The zero-order chi connectivity index (χ0) is 38.2. The van der Waals surface area contributed by atoms with E-state index in [1.54, 1.807) is 0 Å². The molecule has 0 saturated heterocycles. The summed E-state index contributed by atoms with van der Waals surface area (Å²) in [5, 5.41) is 7.41. The van der Waals surface area contributed by atoms with Crippen LogP contribution in [0.15, 0.2) is 150 Å². The Labute approximate surface area is 334 Å². The molecule has 0 unspecified atom stereocenters. The number of rotatable bonds is 4. The first-order valence-corrected chi connectivity index (χ1v) is 20.9. The normalized spacial score (nSPS) is 16.4. The fraction of sp³-hybridized carbons (Fsp3) is 0.200. The van der Waals surface area contributed by atoms with E-state index in [4.69, 9.17) is 4.42 Å². The third-order valence-corrected chi connectivity index (χ3v) is 14.2. The second kappa shape index (κ2) is 11.7. The molecule has 12 rings (SSSR count). The van der Waals surface area contributed by atoms with Crippen LogP contribution in [0.1, 0.15) is 87.1 Å². The van der Waals surface area contributed by atoms with Crippen LogP contribution in [0.25, 0.3) is 65.7 Å². The maximum absolute atomic E-state index is 6.87. The monoisotopic (exact) mass is 735 g/mol. The average molecular weight is 736 g/mol. The lowest BCUT2D eigenvalue weighted by Gasteiger charge is -2.30. The number of nitrogens with zero attached hydrogens (tertiary/aromatic N) is 1. The maximum Gasteiger partial charge on any atom is 0.143 e. The Kier molecular flexibility index (Phi) is 6.79. The molecule has 276 valence electrons. The molecular formula is C55H45NO. The van der Waals surface area contributed by atoms with Crippen molar-refractivity contribution in [2.45, 2.75) is 70.1 Å². The molecule has 1 heterocycles. The summed E-state index contributed by atoms with van der Waals surface area (Å²) in [6.07, 6.45) is 5.08. The van der Waals surface area contributed by atoms with E-state index in [1.165, 1.54) is 108 Å². The largest absolute Gasteiger partial charge is 0.455 e. The van der Waals surface area contributed by atoms with Crippen LogP contribution in [0, 0.1) is 0 Å². The average Bonchev–Trinajstić information content (AvgIpc) is 4.00. The molecule has 1 fully saturated rings. The third kappa shape index (κ3) is 4.59. The molecule has 0 N–H and O–H groups in total. The van der Waals surface area contributed by atoms with Crippen LogP contribution in [-0.4, -0.2) is 0 Å². The Hall–Kier alpha value is -6.12. The van der Waals surface area contributed by atoms with Gasteiger partial charge in [-0.25, -0.2) is 0 Å². The van der Waals surface area contributed by atoms with Crippen LogP contribution in [0.4, 0.5) is 17.1 Å². The van der Waals surface area contributed by atoms with Gasteiger partial charge in [-0.15, -0.1) is 0 Å². The zero-order valence-electron chi connectivity index (χ0n) is 33.1. The quantitative estimate of drug-likeness (QED) is 0.179. The number of furan rings is 1. The van der Waals surface area contributed by atoms with E-state index in [9.17, 15) is 0 Å². The molecule has 0 radical (unpaired) electrons. The van der Waals surface area contributed by atoms with Gasteiger partial charge < -0.3 is 9.32 Å². The van der Waals surface area contributed by atoms with Crippen molar-refractivity contribution in [3.8, 4) is 22.3 Å². The molecule has 0 aliphatic heterocycles. The van der Waals surface area contributed by atoms with E-state index in [0.29, 0.717) is 5.92 Å². The van der Waals surface area contributed by atoms with Crippen LogP contribution in [0.5, 0.6) is 0 Å². The van der Waals surface area contributed by atoms with E-state index >= 15 is 0 Å². The number of fused-ring (bicyclic) bond motifs is 12. The standard InChI is InChI=1S/C55H45NO/c1-54(2)46-22-12-11-18-39(46)44-30-36(25-27-47(44)54)56(37-24-26-40-43-28-34-16-7-8-17-35(34)29-48(43)55(3,4)49(40)31-37)50-32-45-52-38(33-14-5-6-15-33)21-13-23-51(52)57-53(45)42-20-10-9-19-41(42)50/h7-13,16-33H,5-6,14-15H2,1-4H3. The van der Waals surface area contributed by atoms with Crippen molar-refractivity contribution in [1.82, 2.24) is 0 Å². The number of anilines is 3. The maximum atomic E-state index is 6.87. The Morgan fingerprint density at radius 2 is 1.12 bits per heavy atom. The SMILES string of the molecule is CC1(C)c2ccccc2-c2cc(N(c3ccc4c(c3)C(C)(C)c3cc5ccccc5cc3-4)c3cc4c(oc5cccc(C6CCCC6)c54)c4ccccc34)ccc21. The molecule has 0 bridgehead atoms. The minimum Gasteiger partial charge on any atom is -0.455 e. The summed E-state index contributed by atoms with van der Waals surface area (Å²) >= 11 is 0. The molecule has 3 aliphatic carbocycles. The van der Waals surface area contributed by atoms with Crippen LogP contribution < -0.4 is 4.90 Å². The van der Waals surface area contributed by atoms with E-state index in [2.05, 4.69) is 178 Å². The topological polar surface area (TPSA) is 16.4 Å². The highest BCUT2D eigenvalue weighted by atomic mass is 16.3. The molecule has 0 amide bonds. The molecule has 8 aromatic carbocycles. The van der Waals surface area contributed by atoms with Crippen molar-refractivity contribution in [3.63, 3.8) is 0 Å². The summed E-state index contributed by atoms with van der Waals surface area (Å²) in [5.41, 5.74) is 17.5. The number of benzene rings is 8. The minimum absolute atomic E-state index is 0.0693. The summed E-state index contributed by atoms with van der Waals surface area (Å²) in [7, 11) is 0. The molecule has 3 aliphatic rings. The molecule has 0 atom stereocenters. The van der Waals surface area contributed by atoms with Gasteiger partial charge in [0, 0.05) is 43.7 Å². The summed E-state index contributed by atoms with van der Waals surface area (Å²) in [4.78, 5) is 2.54. The zero-order valence-corrected chi connectivity index (χ0v) is 33.1. The lowest BCUT2D eigenvalue weighted by atomic mass is 9.81. The summed E-state index contributed by atoms with van der Waals surface area (Å²) in [6.45, 7) is 9.54. The first kappa shape index (κ1) is 33.1. The number of hydrogen-bond donors (Lipinski definition) is 0. The second-order valence-electron chi connectivity index (χ2n) is 18.0. The molecule has 57 heavy (non-hydrogen) atoms. The molecule has 0 spiro atoms. The fourth-order valence-electron chi connectivity index (χ4n) is 11.2. The Morgan fingerprint density at radius 1 is 0.491 bits per heavy atom.